The Bertz CT molecular complexity index is 217. The van der Waals surface area contributed by atoms with Crippen LogP contribution in [0.3, 0.4) is 0 Å². The average molecular weight is 166 g/mol. The van der Waals surface area contributed by atoms with Crippen molar-refractivity contribution in [3.8, 4) is 0 Å². The van der Waals surface area contributed by atoms with E-state index in [2.05, 4.69) is 13.8 Å². The molecule has 2 bridgehead atoms. The monoisotopic (exact) mass is 166 g/mol. The highest BCUT2D eigenvalue weighted by Crippen LogP contribution is 2.61. The first-order valence-electron chi connectivity index (χ1n) is 4.93. The third-order valence-electron chi connectivity index (χ3n) is 4.37. The first kappa shape index (κ1) is 7.39. The Morgan fingerprint density at radius 1 is 1.25 bits per heavy atom. The summed E-state index contributed by atoms with van der Waals surface area (Å²) in [6, 6.07) is 0. The summed E-state index contributed by atoms with van der Waals surface area (Å²) < 4.78 is 11.1. The predicted octanol–water partition coefficient (Wildman–Crippen LogP) is 1.10. The van der Waals surface area contributed by atoms with Crippen molar-refractivity contribution < 1.29 is 9.31 Å². The summed E-state index contributed by atoms with van der Waals surface area (Å²) in [6.45, 7) is 4.76. The number of hydrogen-bond acceptors (Lipinski definition) is 2. The molecule has 66 valence electrons. The molecule has 1 heterocycles. The Labute approximate surface area is 73.9 Å². The maximum Gasteiger partial charge on any atom is 0.438 e. The second-order valence-electron chi connectivity index (χ2n) is 5.05. The fourth-order valence-electron chi connectivity index (χ4n) is 3.28. The van der Waals surface area contributed by atoms with Crippen LogP contribution in [0, 0.1) is 17.3 Å². The maximum atomic E-state index is 5.62. The highest BCUT2D eigenvalue weighted by molar-refractivity contribution is 6.19. The maximum absolute atomic E-state index is 5.62. The van der Waals surface area contributed by atoms with Crippen molar-refractivity contribution in [3.05, 3.63) is 0 Å². The molecule has 0 aromatic heterocycles. The van der Waals surface area contributed by atoms with Gasteiger partial charge in [0, 0.05) is 0 Å². The Hall–Kier alpha value is -0.0151. The van der Waals surface area contributed by atoms with Crippen molar-refractivity contribution in [2.24, 2.45) is 17.3 Å². The van der Waals surface area contributed by atoms with E-state index in [0.717, 1.165) is 11.8 Å². The van der Waals surface area contributed by atoms with E-state index in [4.69, 9.17) is 9.31 Å². The second-order valence-corrected chi connectivity index (χ2v) is 5.05. The molecule has 4 aliphatic rings. The van der Waals surface area contributed by atoms with Crippen LogP contribution in [0.2, 0.25) is 0 Å². The molecule has 4 atom stereocenters. The SMILES string of the molecule is CC1(C)C2CC3OBOC3C1C2. The molecule has 3 saturated carbocycles. The van der Waals surface area contributed by atoms with Crippen molar-refractivity contribution in [1.82, 2.24) is 0 Å². The smallest absolute Gasteiger partial charge is 0.409 e. The van der Waals surface area contributed by atoms with Gasteiger partial charge >= 0.3 is 7.69 Å². The standard InChI is InChI=1S/C9H15BO2/c1-9(2)5-3-6(9)8-7(4-5)11-10-12-8/h5-8,10H,3-4H2,1-2H3. The van der Waals surface area contributed by atoms with Crippen molar-refractivity contribution in [2.75, 3.05) is 0 Å². The molecule has 0 aromatic rings. The first-order valence-corrected chi connectivity index (χ1v) is 4.93. The van der Waals surface area contributed by atoms with Gasteiger partial charge in [-0.05, 0) is 30.1 Å². The molecule has 2 nitrogen and oxygen atoms in total. The highest BCUT2D eigenvalue weighted by Gasteiger charge is 2.59. The zero-order valence-electron chi connectivity index (χ0n) is 7.75. The second kappa shape index (κ2) is 2.07. The Kier molecular flexibility index (Phi) is 1.28. The van der Waals surface area contributed by atoms with Gasteiger partial charge in [0.1, 0.15) is 0 Å². The lowest BCUT2D eigenvalue weighted by Crippen LogP contribution is -2.59. The van der Waals surface area contributed by atoms with Crippen LogP contribution < -0.4 is 0 Å². The van der Waals surface area contributed by atoms with Gasteiger partial charge in [0.2, 0.25) is 0 Å². The summed E-state index contributed by atoms with van der Waals surface area (Å²) in [5.74, 6) is 1.66. The molecular weight excluding hydrogens is 151 g/mol. The quantitative estimate of drug-likeness (QED) is 0.501. The van der Waals surface area contributed by atoms with Gasteiger partial charge in [-0.1, -0.05) is 13.8 Å². The van der Waals surface area contributed by atoms with Crippen LogP contribution in [-0.4, -0.2) is 19.9 Å². The van der Waals surface area contributed by atoms with Gasteiger partial charge in [-0.25, -0.2) is 0 Å². The van der Waals surface area contributed by atoms with Crippen molar-refractivity contribution >= 4 is 7.69 Å². The summed E-state index contributed by atoms with van der Waals surface area (Å²) in [4.78, 5) is 0. The van der Waals surface area contributed by atoms with Crippen molar-refractivity contribution in [1.29, 1.82) is 0 Å². The molecule has 0 amide bonds. The molecule has 0 spiro atoms. The molecule has 1 saturated heterocycles. The predicted molar refractivity (Wildman–Crippen MR) is 46.9 cm³/mol. The molecule has 0 N–H and O–H groups in total. The van der Waals surface area contributed by atoms with E-state index in [1.807, 2.05) is 0 Å². The van der Waals surface area contributed by atoms with Gasteiger partial charge in [0.15, 0.2) is 0 Å². The lowest BCUT2D eigenvalue weighted by atomic mass is 9.47. The molecule has 3 aliphatic carbocycles. The minimum atomic E-state index is 0.421. The zero-order chi connectivity index (χ0) is 8.34. The molecule has 1 aliphatic heterocycles. The van der Waals surface area contributed by atoms with Gasteiger partial charge < -0.3 is 9.31 Å². The normalized spacial score (nSPS) is 53.8. The number of hydrogen-bond donors (Lipinski definition) is 0. The third kappa shape index (κ3) is 0.698. The van der Waals surface area contributed by atoms with E-state index in [0.29, 0.717) is 25.3 Å². The van der Waals surface area contributed by atoms with Crippen LogP contribution >= 0.6 is 0 Å². The summed E-state index contributed by atoms with van der Waals surface area (Å²) in [7, 11) is 0.536. The summed E-state index contributed by atoms with van der Waals surface area (Å²) in [5.41, 5.74) is 0.523. The zero-order valence-corrected chi connectivity index (χ0v) is 7.75. The average Bonchev–Trinajstić information content (AvgIpc) is 2.49. The van der Waals surface area contributed by atoms with Gasteiger partial charge in [-0.15, -0.1) is 0 Å². The number of rotatable bonds is 0. The van der Waals surface area contributed by atoms with E-state index in [-0.39, 0.29) is 0 Å². The van der Waals surface area contributed by atoms with E-state index in [9.17, 15) is 0 Å². The minimum Gasteiger partial charge on any atom is -0.409 e. The van der Waals surface area contributed by atoms with E-state index in [1.54, 1.807) is 0 Å². The van der Waals surface area contributed by atoms with Crippen LogP contribution in [-0.2, 0) is 9.31 Å². The summed E-state index contributed by atoms with van der Waals surface area (Å²) >= 11 is 0. The third-order valence-corrected chi connectivity index (χ3v) is 4.37. The van der Waals surface area contributed by atoms with E-state index in [1.165, 1.54) is 12.8 Å². The lowest BCUT2D eigenvalue weighted by molar-refractivity contribution is -0.150. The Balaban J connectivity index is 1.88. The van der Waals surface area contributed by atoms with E-state index >= 15 is 0 Å². The highest BCUT2D eigenvalue weighted by atomic mass is 16.6. The minimum absolute atomic E-state index is 0.421. The largest absolute Gasteiger partial charge is 0.438 e. The van der Waals surface area contributed by atoms with Gasteiger partial charge in [-0.2, -0.15) is 0 Å². The van der Waals surface area contributed by atoms with Gasteiger partial charge in [0.05, 0.1) is 12.2 Å². The molecule has 12 heavy (non-hydrogen) atoms. The molecule has 0 radical (unpaired) electrons. The molecule has 4 rings (SSSR count). The fourth-order valence-corrected chi connectivity index (χ4v) is 3.28. The lowest BCUT2D eigenvalue weighted by Gasteiger charge is -2.60. The van der Waals surface area contributed by atoms with Crippen LogP contribution in [0.1, 0.15) is 26.7 Å². The molecule has 4 fully saturated rings. The molecule has 3 heteroatoms. The van der Waals surface area contributed by atoms with E-state index < -0.39 is 0 Å². The fraction of sp³-hybridized carbons (Fsp3) is 1.00. The van der Waals surface area contributed by atoms with Gasteiger partial charge in [0.25, 0.3) is 0 Å². The Morgan fingerprint density at radius 2 is 2.08 bits per heavy atom. The summed E-state index contributed by atoms with van der Waals surface area (Å²) in [6.07, 6.45) is 3.46. The molecular formula is C9H15BO2. The van der Waals surface area contributed by atoms with Crippen molar-refractivity contribution in [3.63, 3.8) is 0 Å². The van der Waals surface area contributed by atoms with Crippen LogP contribution in [0.4, 0.5) is 0 Å². The van der Waals surface area contributed by atoms with Crippen LogP contribution in [0.25, 0.3) is 0 Å². The van der Waals surface area contributed by atoms with Crippen LogP contribution in [0.15, 0.2) is 0 Å². The Morgan fingerprint density at radius 3 is 2.83 bits per heavy atom. The molecule has 0 aromatic carbocycles. The van der Waals surface area contributed by atoms with Gasteiger partial charge in [-0.3, -0.25) is 0 Å². The molecule has 4 unspecified atom stereocenters. The first-order chi connectivity index (χ1) is 5.69. The van der Waals surface area contributed by atoms with Crippen LogP contribution in [0.5, 0.6) is 0 Å². The summed E-state index contributed by atoms with van der Waals surface area (Å²) in [5, 5.41) is 0. The topological polar surface area (TPSA) is 18.5 Å². The van der Waals surface area contributed by atoms with Crippen molar-refractivity contribution in [2.45, 2.75) is 38.9 Å².